The molecule has 17 heavy (non-hydrogen) atoms. The lowest BCUT2D eigenvalue weighted by atomic mass is 10.1. The van der Waals surface area contributed by atoms with Gasteiger partial charge in [0.25, 0.3) is 0 Å². The van der Waals surface area contributed by atoms with Crippen LogP contribution in [0.1, 0.15) is 31.9 Å². The Labute approximate surface area is 106 Å². The number of rotatable bonds is 7. The number of hydrogen-bond acceptors (Lipinski definition) is 2. The molecule has 1 atom stereocenters. The average molecular weight is 259 g/mol. The fourth-order valence-electron chi connectivity index (χ4n) is 1.51. The summed E-state index contributed by atoms with van der Waals surface area (Å²) in [5, 5.41) is 3.38. The van der Waals surface area contributed by atoms with Crippen molar-refractivity contribution in [1.29, 1.82) is 0 Å². The molecule has 0 radical (unpaired) electrons. The van der Waals surface area contributed by atoms with Crippen LogP contribution < -0.4 is 5.32 Å². The van der Waals surface area contributed by atoms with Crippen molar-refractivity contribution in [1.82, 2.24) is 5.32 Å². The molecule has 1 N–H and O–H groups in total. The van der Waals surface area contributed by atoms with E-state index in [2.05, 4.69) is 19.2 Å². The van der Waals surface area contributed by atoms with Crippen molar-refractivity contribution >= 4 is 11.8 Å². The molecule has 96 valence electrons. The summed E-state index contributed by atoms with van der Waals surface area (Å²) in [6.07, 6.45) is -1.16. The van der Waals surface area contributed by atoms with E-state index < -0.39 is 6.43 Å². The molecule has 0 aromatic heterocycles. The van der Waals surface area contributed by atoms with Gasteiger partial charge in [0.1, 0.15) is 0 Å². The average Bonchev–Trinajstić information content (AvgIpc) is 2.33. The normalized spacial score (nSPS) is 13.0. The van der Waals surface area contributed by atoms with Gasteiger partial charge < -0.3 is 5.32 Å². The minimum absolute atomic E-state index is 0.139. The van der Waals surface area contributed by atoms with Gasteiger partial charge in [0.15, 0.2) is 0 Å². The third-order valence-electron chi connectivity index (χ3n) is 2.43. The molecule has 0 spiro atoms. The van der Waals surface area contributed by atoms with Gasteiger partial charge in [-0.15, -0.1) is 11.8 Å². The summed E-state index contributed by atoms with van der Waals surface area (Å²) in [6, 6.07) is 8.08. The topological polar surface area (TPSA) is 12.0 Å². The number of thioether (sulfide) groups is 1. The zero-order chi connectivity index (χ0) is 12.7. The van der Waals surface area contributed by atoms with E-state index in [1.165, 1.54) is 11.8 Å². The van der Waals surface area contributed by atoms with E-state index in [1.54, 1.807) is 0 Å². The summed E-state index contributed by atoms with van der Waals surface area (Å²) in [5.74, 6) is -0.139. The highest BCUT2D eigenvalue weighted by atomic mass is 32.2. The molecule has 1 rings (SSSR count). The maximum atomic E-state index is 12.1. The minimum Gasteiger partial charge on any atom is -0.310 e. The summed E-state index contributed by atoms with van der Waals surface area (Å²) in [5.41, 5.74) is 1.15. The molecule has 0 heterocycles. The third-order valence-corrected chi connectivity index (χ3v) is 3.44. The lowest BCUT2D eigenvalue weighted by molar-refractivity contribution is 0.177. The predicted octanol–water partition coefficient (Wildman–Crippen LogP) is 4.10. The number of nitrogens with one attached hydrogen (secondary N) is 1. The van der Waals surface area contributed by atoms with Crippen LogP contribution in [0.4, 0.5) is 8.78 Å². The monoisotopic (exact) mass is 259 g/mol. The first-order chi connectivity index (χ1) is 8.13. The van der Waals surface area contributed by atoms with Crippen molar-refractivity contribution in [3.05, 3.63) is 29.8 Å². The van der Waals surface area contributed by atoms with Crippen molar-refractivity contribution in [2.75, 3.05) is 12.3 Å². The smallest absolute Gasteiger partial charge is 0.247 e. The van der Waals surface area contributed by atoms with Crippen LogP contribution in [0.5, 0.6) is 0 Å². The van der Waals surface area contributed by atoms with E-state index in [9.17, 15) is 8.78 Å². The van der Waals surface area contributed by atoms with Gasteiger partial charge in [-0.2, -0.15) is 0 Å². The van der Waals surface area contributed by atoms with Gasteiger partial charge in [-0.3, -0.25) is 0 Å². The summed E-state index contributed by atoms with van der Waals surface area (Å²) >= 11 is 1.21. The first kappa shape index (κ1) is 14.5. The molecular formula is C13H19F2NS. The lowest BCUT2D eigenvalue weighted by Gasteiger charge is -2.14. The highest BCUT2D eigenvalue weighted by Gasteiger charge is 2.07. The molecule has 0 fully saturated rings. The van der Waals surface area contributed by atoms with Crippen LogP contribution in [0.25, 0.3) is 0 Å². The van der Waals surface area contributed by atoms with Crippen molar-refractivity contribution < 1.29 is 8.78 Å². The maximum Gasteiger partial charge on any atom is 0.247 e. The summed E-state index contributed by atoms with van der Waals surface area (Å²) in [4.78, 5) is 0.910. The van der Waals surface area contributed by atoms with Crippen molar-refractivity contribution in [2.24, 2.45) is 0 Å². The van der Waals surface area contributed by atoms with Gasteiger partial charge in [-0.1, -0.05) is 19.1 Å². The zero-order valence-corrected chi connectivity index (χ0v) is 11.1. The Bertz CT molecular complexity index is 331. The van der Waals surface area contributed by atoms with Gasteiger partial charge in [0.05, 0.1) is 5.75 Å². The van der Waals surface area contributed by atoms with Crippen LogP contribution in [-0.4, -0.2) is 18.7 Å². The first-order valence-electron chi connectivity index (χ1n) is 5.87. The first-order valence-corrected chi connectivity index (χ1v) is 6.86. The molecule has 1 aromatic rings. The van der Waals surface area contributed by atoms with Crippen molar-refractivity contribution in [2.45, 2.75) is 37.6 Å². The Morgan fingerprint density at radius 1 is 1.35 bits per heavy atom. The second-order valence-electron chi connectivity index (χ2n) is 3.95. The predicted molar refractivity (Wildman–Crippen MR) is 69.9 cm³/mol. The molecule has 0 saturated carbocycles. The second-order valence-corrected chi connectivity index (χ2v) is 5.04. The minimum atomic E-state index is -2.25. The van der Waals surface area contributed by atoms with Crippen molar-refractivity contribution in [3.63, 3.8) is 0 Å². The lowest BCUT2D eigenvalue weighted by Crippen LogP contribution is -2.19. The number of halogens is 2. The molecule has 0 amide bonds. The van der Waals surface area contributed by atoms with Crippen LogP contribution in [0, 0.1) is 0 Å². The van der Waals surface area contributed by atoms with Gasteiger partial charge in [-0.25, -0.2) is 8.78 Å². The zero-order valence-electron chi connectivity index (χ0n) is 10.2. The Kier molecular flexibility index (Phi) is 6.52. The SMILES string of the molecule is CCCNC(C)c1cccc(SCC(F)F)c1. The fraction of sp³-hybridized carbons (Fsp3) is 0.538. The largest absolute Gasteiger partial charge is 0.310 e. The molecular weight excluding hydrogens is 240 g/mol. The van der Waals surface area contributed by atoms with Crippen LogP contribution in [0.3, 0.4) is 0 Å². The number of hydrogen-bond donors (Lipinski definition) is 1. The van der Waals surface area contributed by atoms with Crippen molar-refractivity contribution in [3.8, 4) is 0 Å². The Morgan fingerprint density at radius 3 is 2.76 bits per heavy atom. The van der Waals surface area contributed by atoms with E-state index in [-0.39, 0.29) is 11.8 Å². The standard InChI is InChI=1S/C13H19F2NS/c1-3-7-16-10(2)11-5-4-6-12(8-11)17-9-13(14)15/h4-6,8,10,13,16H,3,7,9H2,1-2H3. The Morgan fingerprint density at radius 2 is 2.12 bits per heavy atom. The van der Waals surface area contributed by atoms with E-state index >= 15 is 0 Å². The number of benzene rings is 1. The summed E-state index contributed by atoms with van der Waals surface area (Å²) in [7, 11) is 0. The van der Waals surface area contributed by atoms with E-state index in [4.69, 9.17) is 0 Å². The molecule has 0 saturated heterocycles. The molecule has 0 aliphatic rings. The van der Waals surface area contributed by atoms with E-state index in [1.807, 2.05) is 24.3 Å². The van der Waals surface area contributed by atoms with E-state index in [0.29, 0.717) is 0 Å². The highest BCUT2D eigenvalue weighted by molar-refractivity contribution is 7.99. The highest BCUT2D eigenvalue weighted by Crippen LogP contribution is 2.23. The molecule has 0 aliphatic heterocycles. The fourth-order valence-corrected chi connectivity index (χ4v) is 2.22. The van der Waals surface area contributed by atoms with Crippen LogP contribution in [0.2, 0.25) is 0 Å². The quantitative estimate of drug-likeness (QED) is 0.740. The summed E-state index contributed by atoms with van der Waals surface area (Å²) < 4.78 is 24.2. The Balaban J connectivity index is 2.58. The van der Waals surface area contributed by atoms with Crippen LogP contribution >= 0.6 is 11.8 Å². The molecule has 0 aliphatic carbocycles. The van der Waals surface area contributed by atoms with Crippen LogP contribution in [-0.2, 0) is 0 Å². The van der Waals surface area contributed by atoms with Gasteiger partial charge >= 0.3 is 0 Å². The molecule has 1 aromatic carbocycles. The molecule has 0 bridgehead atoms. The molecule has 1 unspecified atom stereocenters. The third kappa shape index (κ3) is 5.50. The Hall–Kier alpha value is -0.610. The second kappa shape index (κ2) is 7.67. The van der Waals surface area contributed by atoms with Gasteiger partial charge in [-0.05, 0) is 37.6 Å². The molecule has 4 heteroatoms. The van der Waals surface area contributed by atoms with Gasteiger partial charge in [0, 0.05) is 10.9 Å². The van der Waals surface area contributed by atoms with Crippen LogP contribution in [0.15, 0.2) is 29.2 Å². The molecule has 1 nitrogen and oxygen atoms in total. The van der Waals surface area contributed by atoms with E-state index in [0.717, 1.165) is 23.4 Å². The van der Waals surface area contributed by atoms with Gasteiger partial charge in [0.2, 0.25) is 6.43 Å². The number of alkyl halides is 2. The summed E-state index contributed by atoms with van der Waals surface area (Å²) in [6.45, 7) is 5.18. The maximum absolute atomic E-state index is 12.1.